The Labute approximate surface area is 173 Å². The highest BCUT2D eigenvalue weighted by molar-refractivity contribution is 5.76. The average molecular weight is 400 g/mol. The third-order valence-corrected chi connectivity index (χ3v) is 4.64. The summed E-state index contributed by atoms with van der Waals surface area (Å²) in [6.45, 7) is 0.139. The Balaban J connectivity index is 1.58. The van der Waals surface area contributed by atoms with Gasteiger partial charge < -0.3 is 14.5 Å². The number of hydrogen-bond acceptors (Lipinski definition) is 5. The minimum Gasteiger partial charge on any atom is -0.445 e. The van der Waals surface area contributed by atoms with Crippen LogP contribution in [0, 0.1) is 0 Å². The van der Waals surface area contributed by atoms with Crippen molar-refractivity contribution in [1.82, 2.24) is 10.3 Å². The predicted molar refractivity (Wildman–Crippen MR) is 113 cm³/mol. The van der Waals surface area contributed by atoms with E-state index in [-0.39, 0.29) is 12.5 Å². The number of carbonyl (C=O) groups excluding carboxylic acids is 1. The smallest absolute Gasteiger partial charge is 0.408 e. The molecule has 0 fully saturated rings. The highest BCUT2D eigenvalue weighted by atomic mass is 16.5. The van der Waals surface area contributed by atoms with E-state index in [1.165, 1.54) is 0 Å². The van der Waals surface area contributed by atoms with Gasteiger partial charge in [0, 0.05) is 6.42 Å². The highest BCUT2D eigenvalue weighted by Crippen LogP contribution is 2.19. The maximum Gasteiger partial charge on any atom is 0.408 e. The molecule has 1 unspecified atom stereocenters. The van der Waals surface area contributed by atoms with Crippen molar-refractivity contribution in [3.05, 3.63) is 112 Å². The van der Waals surface area contributed by atoms with E-state index in [4.69, 9.17) is 9.15 Å². The molecule has 0 radical (unpaired) electrons. The number of alkyl carbamates (subject to hydrolysis) is 1. The number of para-hydroxylation sites is 1. The first-order chi connectivity index (χ1) is 14.7. The first-order valence-corrected chi connectivity index (χ1v) is 9.60. The molecule has 1 heterocycles. The Kier molecular flexibility index (Phi) is 5.85. The van der Waals surface area contributed by atoms with Gasteiger partial charge in [-0.25, -0.2) is 14.6 Å². The van der Waals surface area contributed by atoms with Gasteiger partial charge in [0.05, 0.1) is 10.9 Å². The maximum absolute atomic E-state index is 12.5. The summed E-state index contributed by atoms with van der Waals surface area (Å²) >= 11 is 0. The van der Waals surface area contributed by atoms with Crippen molar-refractivity contribution in [2.24, 2.45) is 0 Å². The highest BCUT2D eigenvalue weighted by Gasteiger charge is 2.22. The Hall–Kier alpha value is -3.93. The fraction of sp³-hybridized carbons (Fsp3) is 0.125. The van der Waals surface area contributed by atoms with Gasteiger partial charge in [0.15, 0.2) is 0 Å². The molecular weight excluding hydrogens is 380 g/mol. The number of ether oxygens (including phenoxy) is 1. The lowest BCUT2D eigenvalue weighted by atomic mass is 10.1. The number of aromatic nitrogens is 1. The lowest BCUT2D eigenvalue weighted by molar-refractivity contribution is 0.133. The van der Waals surface area contributed by atoms with Gasteiger partial charge in [-0.3, -0.25) is 0 Å². The molecule has 150 valence electrons. The molecule has 0 aliphatic heterocycles. The van der Waals surface area contributed by atoms with E-state index in [9.17, 15) is 9.59 Å². The minimum atomic E-state index is -0.659. The van der Waals surface area contributed by atoms with Crippen molar-refractivity contribution < 1.29 is 13.9 Å². The van der Waals surface area contributed by atoms with Gasteiger partial charge in [-0.15, -0.1) is 0 Å². The topological polar surface area (TPSA) is 81.4 Å². The number of hydrogen-bond donors (Lipinski definition) is 1. The lowest BCUT2D eigenvalue weighted by Crippen LogP contribution is -2.31. The number of amides is 1. The normalized spacial score (nSPS) is 11.7. The number of benzene rings is 3. The van der Waals surface area contributed by atoms with Gasteiger partial charge in [0.25, 0.3) is 0 Å². The van der Waals surface area contributed by atoms with E-state index in [0.717, 1.165) is 11.1 Å². The monoisotopic (exact) mass is 400 g/mol. The SMILES string of the molecule is O=C(NC(Cc1ccccc1)c1nc2ccccc2c(=O)o1)OCc1ccccc1. The van der Waals surface area contributed by atoms with Crippen LogP contribution in [0.2, 0.25) is 0 Å². The first-order valence-electron chi connectivity index (χ1n) is 9.60. The summed E-state index contributed by atoms with van der Waals surface area (Å²) < 4.78 is 10.8. The maximum atomic E-state index is 12.5. The van der Waals surface area contributed by atoms with Gasteiger partial charge in [-0.1, -0.05) is 72.8 Å². The fourth-order valence-corrected chi connectivity index (χ4v) is 3.14. The number of carbonyl (C=O) groups is 1. The Morgan fingerprint density at radius 2 is 1.53 bits per heavy atom. The molecule has 6 heteroatoms. The van der Waals surface area contributed by atoms with Gasteiger partial charge in [0.2, 0.25) is 5.89 Å². The van der Waals surface area contributed by atoms with Crippen LogP contribution in [0.15, 0.2) is 94.1 Å². The second-order valence-electron chi connectivity index (χ2n) is 6.81. The molecule has 1 atom stereocenters. The number of rotatable bonds is 6. The summed E-state index contributed by atoms with van der Waals surface area (Å²) in [6, 6.07) is 25.3. The van der Waals surface area contributed by atoms with Crippen molar-refractivity contribution in [1.29, 1.82) is 0 Å². The minimum absolute atomic E-state index is 0.138. The Bertz CT molecular complexity index is 1190. The van der Waals surface area contributed by atoms with Crippen LogP contribution >= 0.6 is 0 Å². The van der Waals surface area contributed by atoms with Crippen molar-refractivity contribution in [2.75, 3.05) is 0 Å². The predicted octanol–water partition coefficient (Wildman–Crippen LogP) is 4.40. The second kappa shape index (κ2) is 9.05. The molecule has 0 saturated carbocycles. The standard InChI is InChI=1S/C24H20N2O4/c27-23-19-13-7-8-14-20(19)25-22(30-23)21(15-17-9-3-1-4-10-17)26-24(28)29-16-18-11-5-2-6-12-18/h1-14,21H,15-16H2,(H,26,28). The zero-order valence-electron chi connectivity index (χ0n) is 16.2. The number of nitrogens with zero attached hydrogens (tertiary/aromatic N) is 1. The van der Waals surface area contributed by atoms with Gasteiger partial charge in [0.1, 0.15) is 12.6 Å². The van der Waals surface area contributed by atoms with Crippen molar-refractivity contribution >= 4 is 17.0 Å². The van der Waals surface area contributed by atoms with Gasteiger partial charge >= 0.3 is 11.7 Å². The van der Waals surface area contributed by atoms with Crippen LogP contribution in [-0.4, -0.2) is 11.1 Å². The third kappa shape index (κ3) is 4.72. The van der Waals surface area contributed by atoms with E-state index in [2.05, 4.69) is 10.3 Å². The van der Waals surface area contributed by atoms with Crippen molar-refractivity contribution in [3.63, 3.8) is 0 Å². The average Bonchev–Trinajstić information content (AvgIpc) is 2.79. The molecule has 1 aromatic heterocycles. The Morgan fingerprint density at radius 3 is 2.27 bits per heavy atom. The summed E-state index contributed by atoms with van der Waals surface area (Å²) in [5.41, 5.74) is 1.86. The Morgan fingerprint density at radius 1 is 0.900 bits per heavy atom. The van der Waals surface area contributed by atoms with Gasteiger partial charge in [-0.2, -0.15) is 0 Å². The second-order valence-corrected chi connectivity index (χ2v) is 6.81. The molecule has 0 aliphatic rings. The molecule has 4 rings (SSSR count). The molecule has 0 bridgehead atoms. The van der Waals surface area contributed by atoms with E-state index >= 15 is 0 Å². The van der Waals surface area contributed by atoms with Crippen LogP contribution in [0.3, 0.4) is 0 Å². The van der Waals surface area contributed by atoms with Crippen LogP contribution in [-0.2, 0) is 17.8 Å². The zero-order chi connectivity index (χ0) is 20.8. The van der Waals surface area contributed by atoms with Crippen LogP contribution in [0.4, 0.5) is 4.79 Å². The molecular formula is C24H20N2O4. The van der Waals surface area contributed by atoms with Crippen LogP contribution < -0.4 is 10.9 Å². The van der Waals surface area contributed by atoms with E-state index in [0.29, 0.717) is 17.3 Å². The molecule has 1 amide bonds. The fourth-order valence-electron chi connectivity index (χ4n) is 3.14. The van der Waals surface area contributed by atoms with Crippen LogP contribution in [0.1, 0.15) is 23.1 Å². The van der Waals surface area contributed by atoms with E-state index in [1.807, 2.05) is 60.7 Å². The van der Waals surface area contributed by atoms with E-state index < -0.39 is 17.8 Å². The summed E-state index contributed by atoms with van der Waals surface area (Å²) in [4.78, 5) is 29.3. The number of nitrogens with one attached hydrogen (secondary N) is 1. The van der Waals surface area contributed by atoms with Crippen molar-refractivity contribution in [2.45, 2.75) is 19.1 Å². The molecule has 1 N–H and O–H groups in total. The third-order valence-electron chi connectivity index (χ3n) is 4.64. The van der Waals surface area contributed by atoms with E-state index in [1.54, 1.807) is 24.3 Å². The molecule has 0 spiro atoms. The van der Waals surface area contributed by atoms with Crippen molar-refractivity contribution in [3.8, 4) is 0 Å². The van der Waals surface area contributed by atoms with Crippen LogP contribution in [0.5, 0.6) is 0 Å². The molecule has 0 saturated heterocycles. The molecule has 0 aliphatic carbocycles. The van der Waals surface area contributed by atoms with Crippen LogP contribution in [0.25, 0.3) is 10.9 Å². The molecule has 6 nitrogen and oxygen atoms in total. The molecule has 3 aromatic carbocycles. The zero-order valence-corrected chi connectivity index (χ0v) is 16.2. The lowest BCUT2D eigenvalue weighted by Gasteiger charge is -2.17. The first kappa shape index (κ1) is 19.4. The number of fused-ring (bicyclic) bond motifs is 1. The van der Waals surface area contributed by atoms with Gasteiger partial charge in [-0.05, 0) is 23.3 Å². The summed E-state index contributed by atoms with van der Waals surface area (Å²) in [6.07, 6.45) is -0.215. The largest absolute Gasteiger partial charge is 0.445 e. The molecule has 30 heavy (non-hydrogen) atoms. The quantitative estimate of drug-likeness (QED) is 0.519. The molecule has 4 aromatic rings. The summed E-state index contributed by atoms with van der Waals surface area (Å²) in [5.74, 6) is 0.138. The summed E-state index contributed by atoms with van der Waals surface area (Å²) in [5, 5.41) is 3.18. The summed E-state index contributed by atoms with van der Waals surface area (Å²) in [7, 11) is 0.